The molecule has 0 atom stereocenters. The smallest absolute Gasteiger partial charge is 0.311 e. The molecule has 0 radical (unpaired) electrons. The van der Waals surface area contributed by atoms with E-state index in [2.05, 4.69) is 10.1 Å². The summed E-state index contributed by atoms with van der Waals surface area (Å²) in [5.41, 5.74) is 1.27. The van der Waals surface area contributed by atoms with Crippen LogP contribution in [0.15, 0.2) is 18.3 Å². The minimum absolute atomic E-state index is 0.148. The van der Waals surface area contributed by atoms with Crippen LogP contribution in [0.4, 0.5) is 0 Å². The lowest BCUT2D eigenvalue weighted by atomic mass is 10.3. The first-order valence-corrected chi connectivity index (χ1v) is 5.23. The summed E-state index contributed by atoms with van der Waals surface area (Å²) in [5.74, 6) is -0.294. The molecule has 0 aliphatic rings. The number of ether oxygens (including phenoxy) is 1. The summed E-state index contributed by atoms with van der Waals surface area (Å²) in [4.78, 5) is 15.5. The van der Waals surface area contributed by atoms with E-state index in [4.69, 9.17) is 16.3 Å². The predicted octanol–water partition coefficient (Wildman–Crippen LogP) is 1.49. The van der Waals surface area contributed by atoms with Gasteiger partial charge in [0, 0.05) is 0 Å². The minimum atomic E-state index is -0.294. The molecule has 84 valence electrons. The molecule has 2 aromatic rings. The van der Waals surface area contributed by atoms with Gasteiger partial charge in [-0.25, -0.2) is 9.50 Å². The molecule has 0 aliphatic heterocycles. The second-order valence-corrected chi connectivity index (χ2v) is 3.56. The highest BCUT2D eigenvalue weighted by Gasteiger charge is 2.08. The lowest BCUT2D eigenvalue weighted by Crippen LogP contribution is -2.07. The molecule has 0 fully saturated rings. The molecule has 6 heteroatoms. The summed E-state index contributed by atoms with van der Waals surface area (Å²) in [7, 11) is 0. The summed E-state index contributed by atoms with van der Waals surface area (Å²) < 4.78 is 6.37. The molecule has 0 amide bonds. The average molecular weight is 240 g/mol. The third kappa shape index (κ3) is 2.30. The van der Waals surface area contributed by atoms with Crippen molar-refractivity contribution in [1.82, 2.24) is 14.6 Å². The van der Waals surface area contributed by atoms with Gasteiger partial charge in [0.2, 0.25) is 0 Å². The molecule has 0 bridgehead atoms. The Hall–Kier alpha value is -1.62. The first-order valence-electron chi connectivity index (χ1n) is 4.85. The number of imidazole rings is 1. The van der Waals surface area contributed by atoms with E-state index in [0.29, 0.717) is 23.1 Å². The lowest BCUT2D eigenvalue weighted by Gasteiger charge is -1.97. The van der Waals surface area contributed by atoms with E-state index in [9.17, 15) is 4.79 Å². The fourth-order valence-corrected chi connectivity index (χ4v) is 1.50. The van der Waals surface area contributed by atoms with Crippen LogP contribution in [0.3, 0.4) is 0 Å². The van der Waals surface area contributed by atoms with Crippen LogP contribution < -0.4 is 0 Å². The van der Waals surface area contributed by atoms with Gasteiger partial charge in [-0.05, 0) is 19.1 Å². The number of hydrogen-bond donors (Lipinski definition) is 0. The molecule has 0 spiro atoms. The highest BCUT2D eigenvalue weighted by atomic mass is 35.5. The Morgan fingerprint density at radius 3 is 3.12 bits per heavy atom. The van der Waals surface area contributed by atoms with E-state index in [-0.39, 0.29) is 12.4 Å². The van der Waals surface area contributed by atoms with Gasteiger partial charge in [0.05, 0.1) is 24.9 Å². The normalized spacial score (nSPS) is 10.6. The second kappa shape index (κ2) is 4.49. The van der Waals surface area contributed by atoms with Crippen molar-refractivity contribution in [3.63, 3.8) is 0 Å². The van der Waals surface area contributed by atoms with Crippen molar-refractivity contribution in [3.8, 4) is 0 Å². The SMILES string of the molecule is CCOC(=O)Cc1cn2nc(Cl)ccc2n1. The van der Waals surface area contributed by atoms with Gasteiger partial charge in [-0.2, -0.15) is 5.10 Å². The molecule has 0 saturated carbocycles. The lowest BCUT2D eigenvalue weighted by molar-refractivity contribution is -0.142. The van der Waals surface area contributed by atoms with Crippen molar-refractivity contribution in [2.75, 3.05) is 6.61 Å². The third-order valence-electron chi connectivity index (χ3n) is 1.97. The summed E-state index contributed by atoms with van der Waals surface area (Å²) >= 11 is 5.73. The molecule has 0 N–H and O–H groups in total. The maximum atomic E-state index is 11.2. The van der Waals surface area contributed by atoms with Crippen molar-refractivity contribution in [1.29, 1.82) is 0 Å². The summed E-state index contributed by atoms with van der Waals surface area (Å²) in [5, 5.41) is 4.40. The van der Waals surface area contributed by atoms with Crippen molar-refractivity contribution >= 4 is 23.2 Å². The maximum Gasteiger partial charge on any atom is 0.311 e. The molecular formula is C10H10ClN3O2. The zero-order valence-electron chi connectivity index (χ0n) is 8.68. The van der Waals surface area contributed by atoms with E-state index >= 15 is 0 Å². The van der Waals surface area contributed by atoms with Gasteiger partial charge in [0.25, 0.3) is 0 Å². The number of carbonyl (C=O) groups is 1. The Bertz CT molecular complexity index is 524. The van der Waals surface area contributed by atoms with Crippen LogP contribution in [-0.4, -0.2) is 27.2 Å². The van der Waals surface area contributed by atoms with E-state index in [1.165, 1.54) is 4.52 Å². The standard InChI is InChI=1S/C10H10ClN3O2/c1-2-16-10(15)5-7-6-14-9(12-7)4-3-8(11)13-14/h3-4,6H,2,5H2,1H3. The first kappa shape index (κ1) is 10.9. The molecule has 2 heterocycles. The molecule has 2 aromatic heterocycles. The molecule has 16 heavy (non-hydrogen) atoms. The summed E-state index contributed by atoms with van der Waals surface area (Å²) in [6.45, 7) is 2.14. The fourth-order valence-electron chi connectivity index (χ4n) is 1.35. The van der Waals surface area contributed by atoms with Gasteiger partial charge < -0.3 is 4.74 Å². The zero-order valence-corrected chi connectivity index (χ0v) is 9.44. The van der Waals surface area contributed by atoms with E-state index in [0.717, 1.165) is 0 Å². The fraction of sp³-hybridized carbons (Fsp3) is 0.300. The number of carbonyl (C=O) groups excluding carboxylic acids is 1. The number of esters is 1. The number of hydrogen-bond acceptors (Lipinski definition) is 4. The van der Waals surface area contributed by atoms with Crippen molar-refractivity contribution in [3.05, 3.63) is 29.2 Å². The van der Waals surface area contributed by atoms with Crippen LogP contribution in [0.25, 0.3) is 5.65 Å². The Balaban J connectivity index is 2.23. The first-order chi connectivity index (χ1) is 7.69. The van der Waals surface area contributed by atoms with Crippen molar-refractivity contribution in [2.24, 2.45) is 0 Å². The van der Waals surface area contributed by atoms with Crippen LogP contribution in [0.5, 0.6) is 0 Å². The molecule has 2 rings (SSSR count). The monoisotopic (exact) mass is 239 g/mol. The number of fused-ring (bicyclic) bond motifs is 1. The largest absolute Gasteiger partial charge is 0.466 e. The van der Waals surface area contributed by atoms with Gasteiger partial charge in [-0.3, -0.25) is 4.79 Å². The molecule has 0 saturated heterocycles. The van der Waals surface area contributed by atoms with Gasteiger partial charge in [0.15, 0.2) is 5.65 Å². The summed E-state index contributed by atoms with van der Waals surface area (Å²) in [6, 6.07) is 3.39. The Labute approximate surface area is 97.0 Å². The molecule has 0 aromatic carbocycles. The highest BCUT2D eigenvalue weighted by molar-refractivity contribution is 6.29. The number of nitrogens with zero attached hydrogens (tertiary/aromatic N) is 3. The molecular weight excluding hydrogens is 230 g/mol. The predicted molar refractivity (Wildman–Crippen MR) is 58.3 cm³/mol. The number of rotatable bonds is 3. The van der Waals surface area contributed by atoms with Crippen LogP contribution in [0, 0.1) is 0 Å². The van der Waals surface area contributed by atoms with Crippen molar-refractivity contribution in [2.45, 2.75) is 13.3 Å². The van der Waals surface area contributed by atoms with Crippen molar-refractivity contribution < 1.29 is 9.53 Å². The molecule has 5 nitrogen and oxygen atoms in total. The van der Waals surface area contributed by atoms with Gasteiger partial charge in [-0.1, -0.05) is 11.6 Å². The molecule has 0 unspecified atom stereocenters. The van der Waals surface area contributed by atoms with E-state index in [1.807, 2.05) is 0 Å². The van der Waals surface area contributed by atoms with E-state index in [1.54, 1.807) is 25.3 Å². The van der Waals surface area contributed by atoms with Crippen LogP contribution in [-0.2, 0) is 16.0 Å². The average Bonchev–Trinajstić information content (AvgIpc) is 2.59. The highest BCUT2D eigenvalue weighted by Crippen LogP contribution is 2.08. The number of halogens is 1. The van der Waals surface area contributed by atoms with Gasteiger partial charge >= 0.3 is 5.97 Å². The quantitative estimate of drug-likeness (QED) is 0.762. The zero-order chi connectivity index (χ0) is 11.5. The van der Waals surface area contributed by atoms with Gasteiger partial charge in [0.1, 0.15) is 5.15 Å². The Morgan fingerprint density at radius 2 is 2.38 bits per heavy atom. The minimum Gasteiger partial charge on any atom is -0.466 e. The summed E-state index contributed by atoms with van der Waals surface area (Å²) in [6.07, 6.45) is 1.81. The van der Waals surface area contributed by atoms with Gasteiger partial charge in [-0.15, -0.1) is 0 Å². The Morgan fingerprint density at radius 1 is 1.56 bits per heavy atom. The Kier molecular flexibility index (Phi) is 3.05. The third-order valence-corrected chi connectivity index (χ3v) is 2.17. The van der Waals surface area contributed by atoms with E-state index < -0.39 is 0 Å². The second-order valence-electron chi connectivity index (χ2n) is 3.17. The van der Waals surface area contributed by atoms with Crippen LogP contribution >= 0.6 is 11.6 Å². The topological polar surface area (TPSA) is 56.5 Å². The van der Waals surface area contributed by atoms with Crippen LogP contribution in [0.1, 0.15) is 12.6 Å². The number of aromatic nitrogens is 3. The molecule has 0 aliphatic carbocycles. The van der Waals surface area contributed by atoms with Crippen LogP contribution in [0.2, 0.25) is 5.15 Å². The maximum absolute atomic E-state index is 11.2.